The van der Waals surface area contributed by atoms with Gasteiger partial charge in [0.25, 0.3) is 0 Å². The summed E-state index contributed by atoms with van der Waals surface area (Å²) in [6.45, 7) is 0. The molecule has 0 saturated carbocycles. The van der Waals surface area contributed by atoms with Crippen LogP contribution in [0.5, 0.6) is 0 Å². The lowest BCUT2D eigenvalue weighted by Crippen LogP contribution is -1.91. The number of aryl methyl sites for hydroxylation is 1. The van der Waals surface area contributed by atoms with Crippen LogP contribution in [0.3, 0.4) is 0 Å². The average molecular weight is 293 g/mol. The van der Waals surface area contributed by atoms with Gasteiger partial charge in [0.05, 0.1) is 10.7 Å². The summed E-state index contributed by atoms with van der Waals surface area (Å²) in [4.78, 5) is 0. The Hall–Kier alpha value is -0.970. The van der Waals surface area contributed by atoms with Gasteiger partial charge in [-0.1, -0.05) is 28.3 Å². The van der Waals surface area contributed by atoms with Crippen molar-refractivity contribution in [2.75, 3.05) is 11.2 Å². The molecule has 1 heterocycles. The van der Waals surface area contributed by atoms with Gasteiger partial charge in [0, 0.05) is 17.3 Å². The summed E-state index contributed by atoms with van der Waals surface area (Å²) < 4.78 is 5.30. The molecule has 0 aliphatic heterocycles. The molecule has 1 aromatic carbocycles. The molecule has 0 aliphatic rings. The first kappa shape index (κ1) is 12.5. The molecule has 0 aliphatic carbocycles. The average Bonchev–Trinajstić information content (AvgIpc) is 2.72. The maximum Gasteiger partial charge on any atom is 0.320 e. The minimum Gasteiger partial charge on any atom is -0.408 e. The van der Waals surface area contributed by atoms with Crippen molar-refractivity contribution in [1.29, 1.82) is 0 Å². The predicted molar refractivity (Wildman–Crippen MR) is 68.5 cm³/mol. The van der Waals surface area contributed by atoms with Gasteiger partial charge < -0.3 is 9.73 Å². The third-order valence-electron chi connectivity index (χ3n) is 1.95. The van der Waals surface area contributed by atoms with Gasteiger partial charge in [-0.2, -0.15) is 0 Å². The molecular weight excluding hydrogens is 284 g/mol. The Morgan fingerprint density at radius 1 is 1.24 bits per heavy atom. The third-order valence-corrected chi connectivity index (χ3v) is 2.70. The molecule has 2 aromatic rings. The summed E-state index contributed by atoms with van der Waals surface area (Å²) in [5.74, 6) is 0.903. The normalized spacial score (nSPS) is 10.5. The van der Waals surface area contributed by atoms with E-state index in [9.17, 15) is 0 Å². The summed E-state index contributed by atoms with van der Waals surface area (Å²) in [6.07, 6.45) is 0.527. The van der Waals surface area contributed by atoms with Crippen molar-refractivity contribution in [3.05, 3.63) is 34.1 Å². The van der Waals surface area contributed by atoms with E-state index in [1.54, 1.807) is 18.2 Å². The highest BCUT2D eigenvalue weighted by Gasteiger charge is 2.08. The van der Waals surface area contributed by atoms with Gasteiger partial charge in [-0.3, -0.25) is 0 Å². The second-order valence-electron chi connectivity index (χ2n) is 3.19. The minimum absolute atomic E-state index is 0.259. The Kier molecular flexibility index (Phi) is 4.10. The van der Waals surface area contributed by atoms with Gasteiger partial charge in [0.15, 0.2) is 0 Å². The summed E-state index contributed by atoms with van der Waals surface area (Å²) >= 11 is 17.4. The van der Waals surface area contributed by atoms with Crippen molar-refractivity contribution in [2.24, 2.45) is 0 Å². The minimum atomic E-state index is 0.259. The van der Waals surface area contributed by atoms with Gasteiger partial charge in [-0.25, -0.2) is 0 Å². The number of nitrogens with zero attached hydrogens (tertiary/aromatic N) is 2. The van der Waals surface area contributed by atoms with Crippen LogP contribution in [-0.4, -0.2) is 16.1 Å². The molecule has 17 heavy (non-hydrogen) atoms. The highest BCUT2D eigenvalue weighted by Crippen LogP contribution is 2.27. The first-order chi connectivity index (χ1) is 8.19. The lowest BCUT2D eigenvalue weighted by atomic mass is 10.3. The topological polar surface area (TPSA) is 51.0 Å². The van der Waals surface area contributed by atoms with Crippen LogP contribution in [0.4, 0.5) is 11.7 Å². The first-order valence-electron chi connectivity index (χ1n) is 4.79. The molecule has 0 saturated heterocycles. The van der Waals surface area contributed by atoms with Gasteiger partial charge in [-0.15, -0.1) is 16.7 Å². The van der Waals surface area contributed by atoms with Crippen LogP contribution < -0.4 is 5.32 Å². The molecule has 0 spiro atoms. The van der Waals surface area contributed by atoms with Crippen molar-refractivity contribution in [3.8, 4) is 0 Å². The Labute approximate surface area is 113 Å². The zero-order valence-corrected chi connectivity index (χ0v) is 10.9. The SMILES string of the molecule is ClCCc1nnc(Nc2cc(Cl)ccc2Cl)o1. The fourth-order valence-electron chi connectivity index (χ4n) is 1.19. The maximum absolute atomic E-state index is 5.98. The van der Waals surface area contributed by atoms with Crippen LogP contribution in [0, 0.1) is 0 Å². The van der Waals surface area contributed by atoms with Crippen molar-refractivity contribution in [3.63, 3.8) is 0 Å². The molecule has 0 bridgehead atoms. The quantitative estimate of drug-likeness (QED) is 0.868. The van der Waals surface area contributed by atoms with Crippen LogP contribution in [0.25, 0.3) is 0 Å². The molecule has 1 N–H and O–H groups in total. The number of anilines is 2. The molecule has 0 atom stereocenters. The van der Waals surface area contributed by atoms with Gasteiger partial charge in [0.2, 0.25) is 5.89 Å². The van der Waals surface area contributed by atoms with Crippen molar-refractivity contribution < 1.29 is 4.42 Å². The van der Waals surface area contributed by atoms with Crippen LogP contribution in [-0.2, 0) is 6.42 Å². The number of hydrogen-bond donors (Lipinski definition) is 1. The van der Waals surface area contributed by atoms with E-state index >= 15 is 0 Å². The highest BCUT2D eigenvalue weighted by molar-refractivity contribution is 6.35. The molecule has 1 aromatic heterocycles. The van der Waals surface area contributed by atoms with E-state index in [0.717, 1.165) is 0 Å². The lowest BCUT2D eigenvalue weighted by Gasteiger charge is -2.03. The summed E-state index contributed by atoms with van der Waals surface area (Å²) in [5.41, 5.74) is 0.611. The molecule has 4 nitrogen and oxygen atoms in total. The third kappa shape index (κ3) is 3.25. The Balaban J connectivity index is 2.16. The number of rotatable bonds is 4. The van der Waals surface area contributed by atoms with E-state index in [1.165, 1.54) is 0 Å². The number of halogens is 3. The molecule has 7 heteroatoms. The summed E-state index contributed by atoms with van der Waals surface area (Å²) in [6, 6.07) is 5.31. The number of alkyl halides is 1. The zero-order chi connectivity index (χ0) is 12.3. The van der Waals surface area contributed by atoms with E-state index in [4.69, 9.17) is 39.2 Å². The van der Waals surface area contributed by atoms with Crippen molar-refractivity contribution in [2.45, 2.75) is 6.42 Å². The maximum atomic E-state index is 5.98. The van der Waals surface area contributed by atoms with E-state index in [1.807, 2.05) is 0 Å². The molecule has 2 rings (SSSR count). The molecular formula is C10H8Cl3N3O. The van der Waals surface area contributed by atoms with Gasteiger partial charge in [-0.05, 0) is 18.2 Å². The van der Waals surface area contributed by atoms with Crippen LogP contribution in [0.2, 0.25) is 10.0 Å². The highest BCUT2D eigenvalue weighted by atomic mass is 35.5. The van der Waals surface area contributed by atoms with Crippen molar-refractivity contribution in [1.82, 2.24) is 10.2 Å². The van der Waals surface area contributed by atoms with E-state index < -0.39 is 0 Å². The Morgan fingerprint density at radius 3 is 2.82 bits per heavy atom. The standard InChI is InChI=1S/C10H8Cl3N3O/c11-4-3-9-15-16-10(17-9)14-8-5-6(12)1-2-7(8)13/h1-2,5H,3-4H2,(H,14,16). The van der Waals surface area contributed by atoms with Gasteiger partial charge >= 0.3 is 6.01 Å². The predicted octanol–water partition coefficient (Wildman–Crippen LogP) is 3.90. The number of hydrogen-bond acceptors (Lipinski definition) is 4. The molecule has 0 amide bonds. The zero-order valence-electron chi connectivity index (χ0n) is 8.58. The van der Waals surface area contributed by atoms with Crippen LogP contribution in [0.1, 0.15) is 5.89 Å². The molecule has 0 unspecified atom stereocenters. The summed E-state index contributed by atoms with van der Waals surface area (Å²) in [7, 11) is 0. The van der Waals surface area contributed by atoms with Crippen LogP contribution >= 0.6 is 34.8 Å². The second-order valence-corrected chi connectivity index (χ2v) is 4.41. The monoisotopic (exact) mass is 291 g/mol. The van der Waals surface area contributed by atoms with Crippen LogP contribution in [0.15, 0.2) is 22.6 Å². The second kappa shape index (κ2) is 5.58. The van der Waals surface area contributed by atoms with E-state index in [-0.39, 0.29) is 6.01 Å². The first-order valence-corrected chi connectivity index (χ1v) is 6.08. The van der Waals surface area contributed by atoms with Crippen molar-refractivity contribution >= 4 is 46.5 Å². The Morgan fingerprint density at radius 2 is 2.06 bits per heavy atom. The number of aromatic nitrogens is 2. The number of benzene rings is 1. The van der Waals surface area contributed by atoms with Gasteiger partial charge in [0.1, 0.15) is 0 Å². The lowest BCUT2D eigenvalue weighted by molar-refractivity contribution is 0.516. The summed E-state index contributed by atoms with van der Waals surface area (Å²) in [5, 5.41) is 11.6. The fourth-order valence-corrected chi connectivity index (χ4v) is 1.69. The fraction of sp³-hybridized carbons (Fsp3) is 0.200. The molecule has 0 fully saturated rings. The smallest absolute Gasteiger partial charge is 0.320 e. The van der Waals surface area contributed by atoms with E-state index in [2.05, 4.69) is 15.5 Å². The van der Waals surface area contributed by atoms with E-state index in [0.29, 0.717) is 33.9 Å². The number of nitrogens with one attached hydrogen (secondary N) is 1. The largest absolute Gasteiger partial charge is 0.408 e. The molecule has 90 valence electrons. The molecule has 0 radical (unpaired) electrons. The Bertz CT molecular complexity index is 515.